The summed E-state index contributed by atoms with van der Waals surface area (Å²) in [6, 6.07) is 0. The molecule has 0 saturated heterocycles. The summed E-state index contributed by atoms with van der Waals surface area (Å²) in [6.45, 7) is 1.98. The molecule has 1 aliphatic rings. The van der Waals surface area contributed by atoms with Crippen molar-refractivity contribution in [2.75, 3.05) is 7.05 Å². The lowest BCUT2D eigenvalue weighted by molar-refractivity contribution is -0.139. The summed E-state index contributed by atoms with van der Waals surface area (Å²) in [7, 11) is 1.46. The number of nitriles is 1. The molecule has 1 rings (SSSR count). The van der Waals surface area contributed by atoms with E-state index in [1.165, 1.54) is 26.3 Å². The number of rotatable bonds is 7. The third-order valence-electron chi connectivity index (χ3n) is 4.56. The fourth-order valence-electron chi connectivity index (χ4n) is 3.37. The minimum atomic E-state index is -0.458. The van der Waals surface area contributed by atoms with E-state index in [9.17, 15) is 9.59 Å². The molecule has 1 aliphatic carbocycles. The molecule has 5 nitrogen and oxygen atoms in total. The monoisotopic (exact) mass is 293 g/mol. The highest BCUT2D eigenvalue weighted by Gasteiger charge is 2.35. The van der Waals surface area contributed by atoms with E-state index < -0.39 is 17.7 Å². The van der Waals surface area contributed by atoms with Crippen LogP contribution in [0.3, 0.4) is 0 Å². The number of nitrogens with two attached hydrogens (primary N) is 1. The smallest absolute Gasteiger partial charge is 0.239 e. The molecule has 1 unspecified atom stereocenters. The molecule has 0 aromatic rings. The van der Waals surface area contributed by atoms with Crippen LogP contribution in [0, 0.1) is 29.2 Å². The highest BCUT2D eigenvalue weighted by atomic mass is 16.2. The molecule has 5 heteroatoms. The van der Waals surface area contributed by atoms with Gasteiger partial charge in [-0.15, -0.1) is 0 Å². The minimum Gasteiger partial charge on any atom is -0.369 e. The van der Waals surface area contributed by atoms with Gasteiger partial charge in [-0.25, -0.2) is 0 Å². The Morgan fingerprint density at radius 1 is 1.29 bits per heavy atom. The van der Waals surface area contributed by atoms with Crippen LogP contribution < -0.4 is 5.73 Å². The lowest BCUT2D eigenvalue weighted by Crippen LogP contribution is -2.40. The van der Waals surface area contributed by atoms with Gasteiger partial charge in [0.1, 0.15) is 0 Å². The lowest BCUT2D eigenvalue weighted by atomic mass is 9.76. The normalized spacial score (nSPS) is 18.5. The highest BCUT2D eigenvalue weighted by Crippen LogP contribution is 2.33. The van der Waals surface area contributed by atoms with E-state index in [2.05, 4.69) is 0 Å². The molecule has 1 fully saturated rings. The van der Waals surface area contributed by atoms with Crippen molar-refractivity contribution in [3.8, 4) is 6.19 Å². The Labute approximate surface area is 127 Å². The first-order valence-corrected chi connectivity index (χ1v) is 7.97. The fourth-order valence-corrected chi connectivity index (χ4v) is 3.37. The van der Waals surface area contributed by atoms with Gasteiger partial charge in [-0.1, -0.05) is 45.4 Å². The molecule has 21 heavy (non-hydrogen) atoms. The summed E-state index contributed by atoms with van der Waals surface area (Å²) in [5.41, 5.74) is 5.52. The van der Waals surface area contributed by atoms with Crippen molar-refractivity contribution in [2.45, 2.75) is 58.3 Å². The lowest BCUT2D eigenvalue weighted by Gasteiger charge is -2.30. The molecule has 2 amide bonds. The summed E-state index contributed by atoms with van der Waals surface area (Å²) in [5.74, 6) is -1.12. The summed E-state index contributed by atoms with van der Waals surface area (Å²) < 4.78 is 0. The van der Waals surface area contributed by atoms with E-state index in [4.69, 9.17) is 11.0 Å². The molecule has 0 aliphatic heterocycles. The van der Waals surface area contributed by atoms with Crippen LogP contribution in [0.25, 0.3) is 0 Å². The van der Waals surface area contributed by atoms with E-state index in [0.717, 1.165) is 24.2 Å². The topological polar surface area (TPSA) is 87.2 Å². The van der Waals surface area contributed by atoms with Gasteiger partial charge in [0, 0.05) is 13.0 Å². The van der Waals surface area contributed by atoms with Crippen molar-refractivity contribution in [3.63, 3.8) is 0 Å². The number of carbonyl (C=O) groups is 2. The Hall–Kier alpha value is -1.57. The van der Waals surface area contributed by atoms with Crippen molar-refractivity contribution in [3.05, 3.63) is 0 Å². The van der Waals surface area contributed by atoms with Crippen molar-refractivity contribution in [2.24, 2.45) is 23.5 Å². The third-order valence-corrected chi connectivity index (χ3v) is 4.56. The van der Waals surface area contributed by atoms with Crippen LogP contribution in [0.2, 0.25) is 0 Å². The van der Waals surface area contributed by atoms with Crippen LogP contribution in [0.15, 0.2) is 0 Å². The fraction of sp³-hybridized carbons (Fsp3) is 0.812. The van der Waals surface area contributed by atoms with E-state index in [1.54, 1.807) is 0 Å². The molecule has 2 atom stereocenters. The first-order valence-electron chi connectivity index (χ1n) is 7.97. The van der Waals surface area contributed by atoms with Gasteiger partial charge in [-0.2, -0.15) is 5.26 Å². The minimum absolute atomic E-state index is 0.264. The number of hydrogen-bond donors (Lipinski definition) is 1. The summed E-state index contributed by atoms with van der Waals surface area (Å²) in [5, 5.41) is 8.95. The van der Waals surface area contributed by atoms with Gasteiger partial charge in [0.05, 0.1) is 5.92 Å². The molecule has 0 aromatic heterocycles. The predicted molar refractivity (Wildman–Crippen MR) is 80.7 cm³/mol. The average Bonchev–Trinajstić information content (AvgIpc) is 2.50. The molecule has 0 spiro atoms. The van der Waals surface area contributed by atoms with Crippen LogP contribution in [0.5, 0.6) is 0 Å². The van der Waals surface area contributed by atoms with Crippen LogP contribution in [-0.4, -0.2) is 23.8 Å². The quantitative estimate of drug-likeness (QED) is 0.577. The number of hydrogen-bond acceptors (Lipinski definition) is 3. The second-order valence-corrected chi connectivity index (χ2v) is 6.14. The molecule has 0 heterocycles. The molecular weight excluding hydrogens is 266 g/mol. The Morgan fingerprint density at radius 2 is 1.90 bits per heavy atom. The van der Waals surface area contributed by atoms with Crippen molar-refractivity contribution in [1.82, 2.24) is 4.90 Å². The zero-order chi connectivity index (χ0) is 15.8. The van der Waals surface area contributed by atoms with E-state index in [-0.39, 0.29) is 5.91 Å². The maximum atomic E-state index is 12.5. The van der Waals surface area contributed by atoms with E-state index in [0.29, 0.717) is 18.8 Å². The maximum Gasteiger partial charge on any atom is 0.239 e. The van der Waals surface area contributed by atoms with Crippen LogP contribution in [0.4, 0.5) is 0 Å². The van der Waals surface area contributed by atoms with Crippen LogP contribution >= 0.6 is 0 Å². The van der Waals surface area contributed by atoms with Gasteiger partial charge in [-0.3, -0.25) is 14.5 Å². The Balaban J connectivity index is 2.88. The average molecular weight is 293 g/mol. The zero-order valence-corrected chi connectivity index (χ0v) is 13.2. The van der Waals surface area contributed by atoms with Crippen molar-refractivity contribution >= 4 is 11.8 Å². The van der Waals surface area contributed by atoms with Gasteiger partial charge in [-0.05, 0) is 18.8 Å². The van der Waals surface area contributed by atoms with Gasteiger partial charge < -0.3 is 5.73 Å². The molecule has 0 bridgehead atoms. The maximum absolute atomic E-state index is 12.5. The van der Waals surface area contributed by atoms with E-state index in [1.807, 2.05) is 13.1 Å². The van der Waals surface area contributed by atoms with Gasteiger partial charge in [0.2, 0.25) is 11.8 Å². The van der Waals surface area contributed by atoms with Gasteiger partial charge in [0.25, 0.3) is 0 Å². The number of amides is 2. The van der Waals surface area contributed by atoms with Crippen LogP contribution in [-0.2, 0) is 9.59 Å². The summed E-state index contributed by atoms with van der Waals surface area (Å²) >= 11 is 0. The van der Waals surface area contributed by atoms with Crippen molar-refractivity contribution in [1.29, 1.82) is 5.26 Å². The summed E-state index contributed by atoms with van der Waals surface area (Å²) in [6.07, 6.45) is 9.79. The Kier molecular flexibility index (Phi) is 7.21. The van der Waals surface area contributed by atoms with Gasteiger partial charge >= 0.3 is 0 Å². The predicted octanol–water partition coefficient (Wildman–Crippen LogP) is 2.41. The Bertz CT molecular complexity index is 397. The number of primary amides is 1. The van der Waals surface area contributed by atoms with Crippen molar-refractivity contribution < 1.29 is 9.59 Å². The molecule has 2 N–H and O–H groups in total. The molecule has 0 aromatic carbocycles. The standard InChI is InChI=1S/C16H27N3O2/c1-3-7-13(15(18)20)14(16(21)19(2)11-17)10-12-8-5-4-6-9-12/h12-14H,3-10H2,1-2H3,(H2,18,20)/t13?,14-/m0/s1. The largest absolute Gasteiger partial charge is 0.369 e. The van der Waals surface area contributed by atoms with Gasteiger partial charge in [0.15, 0.2) is 6.19 Å². The SMILES string of the molecule is CCCC(C(N)=O)[C@H](CC1CCCCC1)C(=O)N(C)C#N. The third kappa shape index (κ3) is 5.04. The highest BCUT2D eigenvalue weighted by molar-refractivity contribution is 5.87. The molecular formula is C16H27N3O2. The first-order chi connectivity index (χ1) is 10.0. The Morgan fingerprint density at radius 3 is 2.38 bits per heavy atom. The molecule has 0 radical (unpaired) electrons. The molecule has 118 valence electrons. The number of carbonyl (C=O) groups excluding carboxylic acids is 2. The second kappa shape index (κ2) is 8.66. The van der Waals surface area contributed by atoms with Crippen LogP contribution in [0.1, 0.15) is 58.3 Å². The summed E-state index contributed by atoms with van der Waals surface area (Å²) in [4.78, 5) is 25.3. The number of nitrogens with zero attached hydrogens (tertiary/aromatic N) is 2. The first kappa shape index (κ1) is 17.5. The zero-order valence-electron chi connectivity index (χ0n) is 13.2. The van der Waals surface area contributed by atoms with E-state index >= 15 is 0 Å². The second-order valence-electron chi connectivity index (χ2n) is 6.14. The molecule has 1 saturated carbocycles.